The molecule has 2 aromatic rings. The second-order valence-corrected chi connectivity index (χ2v) is 5.29. The minimum atomic E-state index is -0.323. The van der Waals surface area contributed by atoms with E-state index in [0.29, 0.717) is 5.69 Å². The Morgan fingerprint density at radius 1 is 1.19 bits per heavy atom. The molecule has 2 aromatic carbocycles. The fraction of sp³-hybridized carbons (Fsp3) is 0.0476. The van der Waals surface area contributed by atoms with Crippen LogP contribution >= 0.6 is 0 Å². The van der Waals surface area contributed by atoms with Gasteiger partial charge in [0.2, 0.25) is 5.91 Å². The quantitative estimate of drug-likeness (QED) is 0.365. The fourth-order valence-electron chi connectivity index (χ4n) is 2.10. The number of hydrogen-bond acceptors (Lipinski definition) is 3. The molecule has 0 radical (unpaired) electrons. The zero-order valence-electron chi connectivity index (χ0n) is 14.2. The molecule has 0 spiro atoms. The molecule has 1 amide bonds. The zero-order chi connectivity index (χ0) is 18.1. The molecular formula is C21H19FeNO3. The van der Waals surface area contributed by atoms with Gasteiger partial charge in [-0.25, -0.2) is 12.1 Å². The summed E-state index contributed by atoms with van der Waals surface area (Å²) in [7, 11) is 0. The molecule has 134 valence electrons. The molecule has 5 heteroatoms. The van der Waals surface area contributed by atoms with E-state index in [1.165, 1.54) is 31.2 Å². The van der Waals surface area contributed by atoms with Crippen LogP contribution in [0.1, 0.15) is 12.5 Å². The van der Waals surface area contributed by atoms with Crippen molar-refractivity contribution >= 4 is 17.4 Å². The number of rotatable bonds is 3. The summed E-state index contributed by atoms with van der Waals surface area (Å²) in [5.41, 5.74) is 1.54. The zero-order valence-corrected chi connectivity index (χ0v) is 15.3. The van der Waals surface area contributed by atoms with Crippen molar-refractivity contribution in [1.29, 1.82) is 0 Å². The third-order valence-electron chi connectivity index (χ3n) is 3.25. The molecule has 0 saturated heterocycles. The van der Waals surface area contributed by atoms with Gasteiger partial charge in [0.05, 0.1) is 0 Å². The maximum Gasteiger partial charge on any atom is 2.00 e. The van der Waals surface area contributed by atoms with Crippen molar-refractivity contribution in [2.75, 3.05) is 5.32 Å². The van der Waals surface area contributed by atoms with Gasteiger partial charge in [0.1, 0.15) is 5.75 Å². The average molecular weight is 389 g/mol. The predicted molar refractivity (Wildman–Crippen MR) is 98.8 cm³/mol. The summed E-state index contributed by atoms with van der Waals surface area (Å²) in [6, 6.07) is 14.4. The maximum absolute atomic E-state index is 12.0. The van der Waals surface area contributed by atoms with Crippen molar-refractivity contribution < 1.29 is 32.1 Å². The molecule has 26 heavy (non-hydrogen) atoms. The van der Waals surface area contributed by atoms with E-state index in [-0.39, 0.29) is 40.0 Å². The molecule has 2 N–H and O–H groups in total. The number of benzene rings is 1. The second-order valence-electron chi connectivity index (χ2n) is 5.29. The Hall–Kier alpha value is -2.88. The molecule has 3 rings (SSSR count). The number of amides is 1. The molecule has 0 fully saturated rings. The van der Waals surface area contributed by atoms with Gasteiger partial charge in [0, 0.05) is 18.2 Å². The summed E-state index contributed by atoms with van der Waals surface area (Å²) >= 11 is 0. The Morgan fingerprint density at radius 2 is 1.85 bits per heavy atom. The number of carbonyl (C=O) groups is 1. The summed E-state index contributed by atoms with van der Waals surface area (Å²) < 4.78 is 0. The monoisotopic (exact) mass is 389 g/mol. The SMILES string of the molecule is CC(=O)Nc1ccc(O)c(C([O-])=CC=C2C=CC=C2)c1.[Fe+2].c1cc[cH-]c1. The smallest absolute Gasteiger partial charge is 0.872 e. The van der Waals surface area contributed by atoms with E-state index < -0.39 is 0 Å². The molecule has 1 aliphatic carbocycles. The minimum Gasteiger partial charge on any atom is -0.872 e. The Bertz CT molecular complexity index is 800. The van der Waals surface area contributed by atoms with Gasteiger partial charge >= 0.3 is 17.1 Å². The molecule has 0 heterocycles. The number of allylic oxidation sites excluding steroid dienone is 7. The summed E-state index contributed by atoms with van der Waals surface area (Å²) in [6.07, 6.45) is 10.6. The van der Waals surface area contributed by atoms with Crippen LogP contribution in [0.5, 0.6) is 5.75 Å². The van der Waals surface area contributed by atoms with Crippen LogP contribution in [0.3, 0.4) is 0 Å². The first kappa shape index (κ1) is 21.2. The van der Waals surface area contributed by atoms with Gasteiger partial charge in [0.15, 0.2) is 0 Å². The van der Waals surface area contributed by atoms with Gasteiger partial charge in [0.25, 0.3) is 0 Å². The van der Waals surface area contributed by atoms with Crippen LogP contribution in [0.2, 0.25) is 0 Å². The molecule has 1 aliphatic rings. The third-order valence-corrected chi connectivity index (χ3v) is 3.25. The van der Waals surface area contributed by atoms with E-state index in [4.69, 9.17) is 0 Å². The summed E-state index contributed by atoms with van der Waals surface area (Å²) in [4.78, 5) is 11.0. The predicted octanol–water partition coefficient (Wildman–Crippen LogP) is 3.51. The van der Waals surface area contributed by atoms with Gasteiger partial charge < -0.3 is 15.5 Å². The van der Waals surface area contributed by atoms with Crippen LogP contribution in [0.25, 0.3) is 5.76 Å². The number of aromatic hydroxyl groups is 1. The van der Waals surface area contributed by atoms with E-state index in [0.717, 1.165) is 5.57 Å². The van der Waals surface area contributed by atoms with Crippen LogP contribution in [-0.2, 0) is 21.9 Å². The number of anilines is 1. The van der Waals surface area contributed by atoms with Gasteiger partial charge in [-0.15, -0.1) is 0 Å². The maximum atomic E-state index is 12.0. The van der Waals surface area contributed by atoms with Crippen molar-refractivity contribution in [2.24, 2.45) is 0 Å². The van der Waals surface area contributed by atoms with Gasteiger partial charge in [-0.3, -0.25) is 4.79 Å². The summed E-state index contributed by atoms with van der Waals surface area (Å²) in [5, 5.41) is 24.3. The van der Waals surface area contributed by atoms with Crippen LogP contribution in [0.15, 0.2) is 90.6 Å². The number of hydrogen-bond donors (Lipinski definition) is 2. The summed E-state index contributed by atoms with van der Waals surface area (Å²) in [5.74, 6) is -0.673. The molecule has 0 aromatic heterocycles. The van der Waals surface area contributed by atoms with Crippen molar-refractivity contribution in [1.82, 2.24) is 0 Å². The van der Waals surface area contributed by atoms with E-state index in [1.54, 1.807) is 6.08 Å². The largest absolute Gasteiger partial charge is 2.00 e. The molecule has 0 aliphatic heterocycles. The first-order valence-electron chi connectivity index (χ1n) is 7.77. The van der Waals surface area contributed by atoms with E-state index in [2.05, 4.69) is 5.32 Å². The third kappa shape index (κ3) is 6.93. The molecule has 0 bridgehead atoms. The van der Waals surface area contributed by atoms with Crippen molar-refractivity contribution in [3.05, 3.63) is 96.1 Å². The van der Waals surface area contributed by atoms with Crippen molar-refractivity contribution in [3.63, 3.8) is 0 Å². The Morgan fingerprint density at radius 3 is 2.38 bits per heavy atom. The van der Waals surface area contributed by atoms with Crippen molar-refractivity contribution in [3.8, 4) is 5.75 Å². The fourth-order valence-corrected chi connectivity index (χ4v) is 2.10. The van der Waals surface area contributed by atoms with Crippen LogP contribution in [-0.4, -0.2) is 11.0 Å². The van der Waals surface area contributed by atoms with Gasteiger partial charge in [-0.1, -0.05) is 42.2 Å². The Balaban J connectivity index is 0.000000486. The van der Waals surface area contributed by atoms with Crippen molar-refractivity contribution in [2.45, 2.75) is 6.92 Å². The average Bonchev–Trinajstić information content (AvgIpc) is 3.30. The van der Waals surface area contributed by atoms with Crippen LogP contribution in [0, 0.1) is 0 Å². The van der Waals surface area contributed by atoms with E-state index in [1.807, 2.05) is 54.6 Å². The number of phenolic OH excluding ortho intramolecular Hbond substituents is 1. The summed E-state index contributed by atoms with van der Waals surface area (Å²) in [6.45, 7) is 1.38. The topological polar surface area (TPSA) is 72.4 Å². The van der Waals surface area contributed by atoms with Gasteiger partial charge in [-0.2, -0.15) is 18.2 Å². The standard InChI is InChI=1S/C16H15NO3.C5H5.Fe/c1-11(18)17-13-7-9-16(20)14(10-13)15(19)8-6-12-4-2-3-5-12;1-2-4-5-3-1;/h2-10,19-20H,1H3,(H,17,18);1-5H;/q;-1;+2/p-1. The second kappa shape index (κ2) is 10.9. The number of phenols is 1. The first-order valence-corrected chi connectivity index (χ1v) is 7.77. The molecule has 4 nitrogen and oxygen atoms in total. The molecule has 0 atom stereocenters. The minimum absolute atomic E-state index is 0. The Labute approximate surface area is 163 Å². The molecule has 0 unspecified atom stereocenters. The van der Waals surface area contributed by atoms with E-state index >= 15 is 0 Å². The van der Waals surface area contributed by atoms with E-state index in [9.17, 15) is 15.0 Å². The van der Waals surface area contributed by atoms with Crippen LogP contribution < -0.4 is 10.4 Å². The van der Waals surface area contributed by atoms with Gasteiger partial charge in [-0.05, 0) is 23.8 Å². The Kier molecular flexibility index (Phi) is 8.85. The number of nitrogens with one attached hydrogen (secondary N) is 1. The first-order chi connectivity index (χ1) is 12.1. The number of carbonyl (C=O) groups excluding carboxylic acids is 1. The molecule has 0 saturated carbocycles. The normalized spacial score (nSPS) is 12.0. The van der Waals surface area contributed by atoms with Crippen LogP contribution in [0.4, 0.5) is 5.69 Å². The molecular weight excluding hydrogens is 370 g/mol.